The first-order valence-corrected chi connectivity index (χ1v) is 12.0. The number of hydrogen-bond donors (Lipinski definition) is 0. The van der Waals surface area contributed by atoms with Gasteiger partial charge in [0.05, 0.1) is 6.04 Å². The molecule has 0 N–H and O–H groups in total. The highest BCUT2D eigenvalue weighted by Gasteiger charge is 2.30. The number of aryl methyl sites for hydroxylation is 1. The van der Waals surface area contributed by atoms with E-state index in [0.717, 1.165) is 49.4 Å². The molecule has 0 radical (unpaired) electrons. The molecule has 0 aliphatic carbocycles. The highest BCUT2D eigenvalue weighted by Crippen LogP contribution is 2.35. The van der Waals surface area contributed by atoms with Crippen molar-refractivity contribution in [3.05, 3.63) is 84.2 Å². The van der Waals surface area contributed by atoms with Gasteiger partial charge in [-0.25, -0.2) is 0 Å². The lowest BCUT2D eigenvalue weighted by Gasteiger charge is -2.31. The number of unbranched alkanes of at least 4 members (excludes halogenated alkanes) is 4. The molecule has 0 bridgehead atoms. The number of aromatic nitrogens is 1. The van der Waals surface area contributed by atoms with Gasteiger partial charge < -0.3 is 14.2 Å². The van der Waals surface area contributed by atoms with Crippen molar-refractivity contribution in [1.29, 1.82) is 0 Å². The molecular weight excluding hydrogens is 396 g/mol. The Morgan fingerprint density at radius 1 is 0.906 bits per heavy atom. The maximum atomic E-state index is 13.4. The van der Waals surface area contributed by atoms with Crippen LogP contribution in [0, 0.1) is 0 Å². The van der Waals surface area contributed by atoms with Crippen molar-refractivity contribution in [3.63, 3.8) is 0 Å². The van der Waals surface area contributed by atoms with Gasteiger partial charge in [0.15, 0.2) is 0 Å². The third kappa shape index (κ3) is 5.42. The third-order valence-corrected chi connectivity index (χ3v) is 6.22. The number of fused-ring (bicyclic) bond motifs is 1. The topological polar surface area (TPSA) is 34.5 Å². The normalized spacial score (nSPS) is 15.8. The molecule has 168 valence electrons. The Bertz CT molecular complexity index is 995. The Morgan fingerprint density at radius 3 is 2.56 bits per heavy atom. The van der Waals surface area contributed by atoms with Gasteiger partial charge in [-0.3, -0.25) is 4.79 Å². The maximum absolute atomic E-state index is 13.4. The number of amides is 1. The Morgan fingerprint density at radius 2 is 1.72 bits per heavy atom. The van der Waals surface area contributed by atoms with E-state index in [0.29, 0.717) is 6.42 Å². The third-order valence-electron chi connectivity index (χ3n) is 6.22. The van der Waals surface area contributed by atoms with Gasteiger partial charge in [-0.15, -0.1) is 0 Å². The summed E-state index contributed by atoms with van der Waals surface area (Å²) in [5, 5.41) is 0. The molecule has 1 aliphatic rings. The zero-order chi connectivity index (χ0) is 22.2. The van der Waals surface area contributed by atoms with Gasteiger partial charge in [0.1, 0.15) is 11.5 Å². The Balaban J connectivity index is 1.58. The predicted molar refractivity (Wildman–Crippen MR) is 129 cm³/mol. The minimum Gasteiger partial charge on any atom is -0.457 e. The van der Waals surface area contributed by atoms with Crippen molar-refractivity contribution in [2.24, 2.45) is 0 Å². The van der Waals surface area contributed by atoms with Crippen LogP contribution in [0.5, 0.6) is 11.5 Å². The first-order chi connectivity index (χ1) is 15.8. The summed E-state index contributed by atoms with van der Waals surface area (Å²) < 4.78 is 8.39. The number of nitrogens with zero attached hydrogens (tertiary/aromatic N) is 2. The molecule has 0 saturated heterocycles. The van der Waals surface area contributed by atoms with E-state index in [1.807, 2.05) is 42.5 Å². The van der Waals surface area contributed by atoms with E-state index in [2.05, 4.69) is 46.9 Å². The van der Waals surface area contributed by atoms with Gasteiger partial charge in [-0.05, 0) is 54.8 Å². The number of benzene rings is 2. The lowest BCUT2D eigenvalue weighted by molar-refractivity contribution is -0.133. The molecular formula is C28H34N2O2. The van der Waals surface area contributed by atoms with Crippen molar-refractivity contribution in [2.75, 3.05) is 6.54 Å². The lowest BCUT2D eigenvalue weighted by atomic mass is 10.0. The fourth-order valence-corrected chi connectivity index (χ4v) is 4.59. The van der Waals surface area contributed by atoms with Crippen LogP contribution in [0.2, 0.25) is 0 Å². The lowest BCUT2D eigenvalue weighted by Crippen LogP contribution is -2.35. The maximum Gasteiger partial charge on any atom is 0.223 e. The van der Waals surface area contributed by atoms with E-state index in [1.165, 1.54) is 25.0 Å². The van der Waals surface area contributed by atoms with Crippen LogP contribution in [0.3, 0.4) is 0 Å². The van der Waals surface area contributed by atoms with Gasteiger partial charge in [0.2, 0.25) is 5.91 Å². The van der Waals surface area contributed by atoms with Crippen molar-refractivity contribution in [2.45, 2.75) is 64.5 Å². The molecule has 0 fully saturated rings. The van der Waals surface area contributed by atoms with E-state index >= 15 is 0 Å². The van der Waals surface area contributed by atoms with Gasteiger partial charge in [-0.1, -0.05) is 62.9 Å². The summed E-state index contributed by atoms with van der Waals surface area (Å²) in [6, 6.07) is 22.2. The van der Waals surface area contributed by atoms with E-state index in [-0.39, 0.29) is 11.9 Å². The van der Waals surface area contributed by atoms with Crippen LogP contribution in [0.1, 0.15) is 69.2 Å². The summed E-state index contributed by atoms with van der Waals surface area (Å²) >= 11 is 0. The Labute approximate surface area is 191 Å². The summed E-state index contributed by atoms with van der Waals surface area (Å²) in [4.78, 5) is 15.5. The van der Waals surface area contributed by atoms with Gasteiger partial charge in [0, 0.05) is 31.4 Å². The van der Waals surface area contributed by atoms with Crippen LogP contribution in [-0.4, -0.2) is 21.9 Å². The van der Waals surface area contributed by atoms with Crippen molar-refractivity contribution in [1.82, 2.24) is 9.47 Å². The fraction of sp³-hybridized carbons (Fsp3) is 0.393. The van der Waals surface area contributed by atoms with Crippen LogP contribution in [-0.2, 0) is 11.3 Å². The zero-order valence-electron chi connectivity index (χ0n) is 19.1. The van der Waals surface area contributed by atoms with Crippen molar-refractivity contribution in [3.8, 4) is 11.5 Å². The first-order valence-electron chi connectivity index (χ1n) is 12.0. The van der Waals surface area contributed by atoms with Crippen molar-refractivity contribution < 1.29 is 9.53 Å². The fourth-order valence-electron chi connectivity index (χ4n) is 4.59. The second kappa shape index (κ2) is 11.0. The smallest absolute Gasteiger partial charge is 0.223 e. The highest BCUT2D eigenvalue weighted by molar-refractivity contribution is 5.77. The minimum atomic E-state index is -0.0880. The molecule has 4 heteroatoms. The molecule has 32 heavy (non-hydrogen) atoms. The largest absolute Gasteiger partial charge is 0.457 e. The summed E-state index contributed by atoms with van der Waals surface area (Å²) in [6.45, 7) is 3.95. The second-order valence-corrected chi connectivity index (χ2v) is 8.62. The molecule has 4 rings (SSSR count). The number of ether oxygens (including phenoxy) is 1. The Kier molecular flexibility index (Phi) is 7.65. The summed E-state index contributed by atoms with van der Waals surface area (Å²) in [6.07, 6.45) is 9.53. The first kappa shape index (κ1) is 22.2. The standard InChI is InChI=1S/C28H34N2O2/c1-2-3-4-5-9-18-27(31)30-21-12-20-29-19-11-17-26(29)28(30)23-13-10-16-25(22-23)32-24-14-7-6-8-15-24/h6-8,10-11,13-17,19,22,28H,2-5,9,12,18,20-21H2,1H3. The van der Waals surface area contributed by atoms with E-state index in [4.69, 9.17) is 4.74 Å². The quantitative estimate of drug-likeness (QED) is 0.344. The van der Waals surface area contributed by atoms with Crippen LogP contribution < -0.4 is 4.74 Å². The molecule has 1 unspecified atom stereocenters. The van der Waals surface area contributed by atoms with Gasteiger partial charge in [0.25, 0.3) is 0 Å². The van der Waals surface area contributed by atoms with Gasteiger partial charge >= 0.3 is 0 Å². The highest BCUT2D eigenvalue weighted by atomic mass is 16.5. The van der Waals surface area contributed by atoms with Gasteiger partial charge in [-0.2, -0.15) is 0 Å². The Hall–Kier alpha value is -3.01. The molecule has 1 amide bonds. The van der Waals surface area contributed by atoms with Crippen LogP contribution in [0.4, 0.5) is 0 Å². The summed E-state index contributed by atoms with van der Waals surface area (Å²) in [5.41, 5.74) is 2.28. The van der Waals surface area contributed by atoms with Crippen LogP contribution in [0.15, 0.2) is 72.9 Å². The average Bonchev–Trinajstić information content (AvgIpc) is 3.19. The number of para-hydroxylation sites is 1. The average molecular weight is 431 g/mol. The minimum absolute atomic E-state index is 0.0880. The van der Waals surface area contributed by atoms with E-state index < -0.39 is 0 Å². The second-order valence-electron chi connectivity index (χ2n) is 8.62. The molecule has 3 aromatic rings. The molecule has 2 aromatic carbocycles. The predicted octanol–water partition coefficient (Wildman–Crippen LogP) is 6.96. The number of hydrogen-bond acceptors (Lipinski definition) is 2. The molecule has 1 aliphatic heterocycles. The SMILES string of the molecule is CCCCCCCC(=O)N1CCCn2cccc2C1c1cccc(Oc2ccccc2)c1. The molecule has 1 atom stereocenters. The summed E-state index contributed by atoms with van der Waals surface area (Å²) in [7, 11) is 0. The monoisotopic (exact) mass is 430 g/mol. The molecule has 4 nitrogen and oxygen atoms in total. The number of rotatable bonds is 9. The van der Waals surface area contributed by atoms with E-state index in [1.54, 1.807) is 0 Å². The number of carbonyl (C=O) groups is 1. The van der Waals surface area contributed by atoms with Crippen LogP contribution >= 0.6 is 0 Å². The van der Waals surface area contributed by atoms with Crippen molar-refractivity contribution >= 4 is 5.91 Å². The summed E-state index contributed by atoms with van der Waals surface area (Å²) in [5.74, 6) is 1.87. The number of carbonyl (C=O) groups excluding carboxylic acids is 1. The van der Waals surface area contributed by atoms with E-state index in [9.17, 15) is 4.79 Å². The van der Waals surface area contributed by atoms with Crippen LogP contribution in [0.25, 0.3) is 0 Å². The molecule has 0 spiro atoms. The molecule has 1 aromatic heterocycles. The molecule has 0 saturated carbocycles. The molecule has 2 heterocycles. The zero-order valence-corrected chi connectivity index (χ0v) is 19.1.